The predicted molar refractivity (Wildman–Crippen MR) is 93.9 cm³/mol. The lowest BCUT2D eigenvalue weighted by atomic mass is 9.67. The largest absolute Gasteiger partial charge is 0.385 e. The minimum Gasteiger partial charge on any atom is -0.385 e. The standard InChI is InChI=1S/C18H31N3O4/c1-17(2,3)13-6-8-18(9-7-13)15(23)21(16(24)20-18)12-14(22)19-10-5-11-25-4/h13H,5-12H2,1-4H3,(H,19,22)(H,20,24). The van der Waals surface area contributed by atoms with Gasteiger partial charge in [-0.25, -0.2) is 4.79 Å². The number of ether oxygens (including phenoxy) is 1. The highest BCUT2D eigenvalue weighted by atomic mass is 16.5. The maximum atomic E-state index is 12.8. The summed E-state index contributed by atoms with van der Waals surface area (Å²) in [7, 11) is 1.60. The van der Waals surface area contributed by atoms with Crippen LogP contribution < -0.4 is 10.6 Å². The Kier molecular flexibility index (Phi) is 6.08. The summed E-state index contributed by atoms with van der Waals surface area (Å²) in [4.78, 5) is 38.1. The Labute approximate surface area is 149 Å². The van der Waals surface area contributed by atoms with Crippen LogP contribution in [-0.2, 0) is 14.3 Å². The van der Waals surface area contributed by atoms with Crippen molar-refractivity contribution >= 4 is 17.8 Å². The molecule has 1 spiro atoms. The average Bonchev–Trinajstić information content (AvgIpc) is 2.75. The van der Waals surface area contributed by atoms with E-state index >= 15 is 0 Å². The third-order valence-corrected chi connectivity index (χ3v) is 5.46. The van der Waals surface area contributed by atoms with E-state index in [-0.39, 0.29) is 23.8 Å². The zero-order valence-corrected chi connectivity index (χ0v) is 15.8. The Hall–Kier alpha value is -1.63. The van der Waals surface area contributed by atoms with Gasteiger partial charge >= 0.3 is 6.03 Å². The molecule has 0 unspecified atom stereocenters. The van der Waals surface area contributed by atoms with Gasteiger partial charge < -0.3 is 15.4 Å². The van der Waals surface area contributed by atoms with E-state index in [1.54, 1.807) is 7.11 Å². The molecule has 7 heteroatoms. The first-order valence-electron chi connectivity index (χ1n) is 9.09. The molecule has 2 rings (SSSR count). The van der Waals surface area contributed by atoms with Crippen LogP contribution >= 0.6 is 0 Å². The summed E-state index contributed by atoms with van der Waals surface area (Å²) in [6.07, 6.45) is 3.80. The Morgan fingerprint density at radius 1 is 1.32 bits per heavy atom. The molecule has 25 heavy (non-hydrogen) atoms. The summed E-state index contributed by atoms with van der Waals surface area (Å²) < 4.78 is 4.92. The van der Waals surface area contributed by atoms with E-state index in [1.165, 1.54) is 0 Å². The normalized spacial score (nSPS) is 26.9. The maximum Gasteiger partial charge on any atom is 0.325 e. The van der Waals surface area contributed by atoms with E-state index in [0.29, 0.717) is 38.3 Å². The third kappa shape index (κ3) is 4.51. The van der Waals surface area contributed by atoms with E-state index in [9.17, 15) is 14.4 Å². The van der Waals surface area contributed by atoms with Crippen molar-refractivity contribution in [1.82, 2.24) is 15.5 Å². The highest BCUT2D eigenvalue weighted by Gasteiger charge is 2.53. The van der Waals surface area contributed by atoms with Gasteiger partial charge in [0, 0.05) is 20.3 Å². The number of hydrogen-bond donors (Lipinski definition) is 2. The smallest absolute Gasteiger partial charge is 0.325 e. The molecule has 2 aliphatic rings. The van der Waals surface area contributed by atoms with Crippen LogP contribution in [0.4, 0.5) is 4.79 Å². The second-order valence-electron chi connectivity index (χ2n) is 8.24. The number of carbonyl (C=O) groups is 3. The molecule has 0 bridgehead atoms. The van der Waals surface area contributed by atoms with Crippen LogP contribution in [0.2, 0.25) is 0 Å². The predicted octanol–water partition coefficient (Wildman–Crippen LogP) is 1.67. The fourth-order valence-corrected chi connectivity index (χ4v) is 3.78. The van der Waals surface area contributed by atoms with Crippen LogP contribution in [-0.4, -0.2) is 55.1 Å². The van der Waals surface area contributed by atoms with Crippen molar-refractivity contribution in [2.24, 2.45) is 11.3 Å². The molecule has 1 saturated carbocycles. The SMILES string of the molecule is COCCCNC(=O)CN1C(=O)NC2(CCC(C(C)(C)C)CC2)C1=O. The van der Waals surface area contributed by atoms with Crippen molar-refractivity contribution in [3.05, 3.63) is 0 Å². The number of imide groups is 1. The van der Waals surface area contributed by atoms with E-state index in [0.717, 1.165) is 17.7 Å². The van der Waals surface area contributed by atoms with Crippen LogP contribution in [0.15, 0.2) is 0 Å². The van der Waals surface area contributed by atoms with Gasteiger partial charge in [-0.1, -0.05) is 20.8 Å². The summed E-state index contributed by atoms with van der Waals surface area (Å²) in [5.41, 5.74) is -0.607. The molecule has 142 valence electrons. The molecule has 1 aliphatic carbocycles. The number of nitrogens with one attached hydrogen (secondary N) is 2. The lowest BCUT2D eigenvalue weighted by molar-refractivity contribution is -0.136. The molecule has 2 N–H and O–H groups in total. The van der Waals surface area contributed by atoms with Gasteiger partial charge in [0.1, 0.15) is 12.1 Å². The molecule has 2 fully saturated rings. The summed E-state index contributed by atoms with van der Waals surface area (Å²) in [5, 5.41) is 5.57. The highest BCUT2D eigenvalue weighted by Crippen LogP contribution is 2.43. The van der Waals surface area contributed by atoms with Gasteiger partial charge in [0.05, 0.1) is 0 Å². The van der Waals surface area contributed by atoms with Gasteiger partial charge in [-0.05, 0) is 43.4 Å². The highest BCUT2D eigenvalue weighted by molar-refractivity contribution is 6.09. The molecule has 1 saturated heterocycles. The van der Waals surface area contributed by atoms with E-state index in [4.69, 9.17) is 4.74 Å². The topological polar surface area (TPSA) is 87.7 Å². The van der Waals surface area contributed by atoms with Crippen LogP contribution in [0.3, 0.4) is 0 Å². The Morgan fingerprint density at radius 3 is 2.52 bits per heavy atom. The van der Waals surface area contributed by atoms with Crippen molar-refractivity contribution in [3.63, 3.8) is 0 Å². The molecule has 0 radical (unpaired) electrons. The molecule has 0 atom stereocenters. The number of nitrogens with zero attached hydrogens (tertiary/aromatic N) is 1. The number of rotatable bonds is 6. The average molecular weight is 353 g/mol. The van der Waals surface area contributed by atoms with E-state index in [2.05, 4.69) is 31.4 Å². The summed E-state index contributed by atoms with van der Waals surface area (Å²) >= 11 is 0. The maximum absolute atomic E-state index is 12.8. The lowest BCUT2D eigenvalue weighted by Crippen LogP contribution is -2.51. The van der Waals surface area contributed by atoms with Crippen molar-refractivity contribution in [1.29, 1.82) is 0 Å². The minimum absolute atomic E-state index is 0.203. The number of urea groups is 1. The molecule has 0 aromatic carbocycles. The van der Waals surface area contributed by atoms with Crippen molar-refractivity contribution in [3.8, 4) is 0 Å². The molecule has 0 aromatic heterocycles. The zero-order valence-electron chi connectivity index (χ0n) is 15.8. The number of hydrogen-bond acceptors (Lipinski definition) is 4. The first-order chi connectivity index (χ1) is 11.7. The first-order valence-corrected chi connectivity index (χ1v) is 9.09. The molecule has 4 amide bonds. The van der Waals surface area contributed by atoms with Crippen molar-refractivity contribution in [2.45, 2.75) is 58.4 Å². The molecular formula is C18H31N3O4. The second-order valence-corrected chi connectivity index (χ2v) is 8.24. The third-order valence-electron chi connectivity index (χ3n) is 5.46. The van der Waals surface area contributed by atoms with E-state index in [1.807, 2.05) is 0 Å². The Bertz CT molecular complexity index is 519. The van der Waals surface area contributed by atoms with Gasteiger partial charge in [0.2, 0.25) is 5.91 Å². The molecule has 1 aliphatic heterocycles. The quantitative estimate of drug-likeness (QED) is 0.562. The fourth-order valence-electron chi connectivity index (χ4n) is 3.78. The molecule has 7 nitrogen and oxygen atoms in total. The second kappa shape index (κ2) is 7.72. The lowest BCUT2D eigenvalue weighted by Gasteiger charge is -2.40. The molecule has 0 aromatic rings. The minimum atomic E-state index is -0.810. The zero-order chi connectivity index (χ0) is 18.7. The summed E-state index contributed by atoms with van der Waals surface area (Å²) in [6, 6.07) is -0.453. The monoisotopic (exact) mass is 353 g/mol. The Balaban J connectivity index is 1.91. The van der Waals surface area contributed by atoms with Crippen LogP contribution in [0.1, 0.15) is 52.9 Å². The summed E-state index contributed by atoms with van der Waals surface area (Å²) in [5.74, 6) is -0.0297. The van der Waals surface area contributed by atoms with Crippen molar-refractivity contribution in [2.75, 3.05) is 26.8 Å². The van der Waals surface area contributed by atoms with Crippen molar-refractivity contribution < 1.29 is 19.1 Å². The van der Waals surface area contributed by atoms with Gasteiger partial charge in [-0.15, -0.1) is 0 Å². The Morgan fingerprint density at radius 2 is 1.96 bits per heavy atom. The number of methoxy groups -OCH3 is 1. The first kappa shape index (κ1) is 19.7. The van der Waals surface area contributed by atoms with Gasteiger partial charge in [-0.3, -0.25) is 14.5 Å². The van der Waals surface area contributed by atoms with Crippen LogP contribution in [0.25, 0.3) is 0 Å². The van der Waals surface area contributed by atoms with E-state index < -0.39 is 11.6 Å². The van der Waals surface area contributed by atoms with Gasteiger partial charge in [-0.2, -0.15) is 0 Å². The fraction of sp³-hybridized carbons (Fsp3) is 0.833. The molecule has 1 heterocycles. The van der Waals surface area contributed by atoms with Gasteiger partial charge in [0.15, 0.2) is 0 Å². The number of amides is 4. The summed E-state index contributed by atoms with van der Waals surface area (Å²) in [6.45, 7) is 7.44. The number of carbonyl (C=O) groups excluding carboxylic acids is 3. The molecular weight excluding hydrogens is 322 g/mol. The van der Waals surface area contributed by atoms with Crippen LogP contribution in [0, 0.1) is 11.3 Å². The van der Waals surface area contributed by atoms with Crippen LogP contribution in [0.5, 0.6) is 0 Å². The van der Waals surface area contributed by atoms with Gasteiger partial charge in [0.25, 0.3) is 5.91 Å².